The SMILES string of the molecule is Cc1ccc2cc(-c3cc(C(N)=O)c(C)[nH]3)ccc2c1. The standard InChI is InChI=1S/C17H16N2O/c1-10-3-4-13-8-14(6-5-12(13)7-10)16-9-15(17(18)20)11(2)19-16/h3-9,19H,1-2H3,(H2,18,20). The van der Waals surface area contributed by atoms with E-state index in [0.29, 0.717) is 5.56 Å². The van der Waals surface area contributed by atoms with Crippen molar-refractivity contribution in [3.63, 3.8) is 0 Å². The molecular formula is C17H16N2O. The van der Waals surface area contributed by atoms with Gasteiger partial charge in [0.25, 0.3) is 5.91 Å². The highest BCUT2D eigenvalue weighted by Crippen LogP contribution is 2.26. The van der Waals surface area contributed by atoms with Crippen molar-refractivity contribution in [1.82, 2.24) is 4.98 Å². The van der Waals surface area contributed by atoms with Crippen LogP contribution in [0.25, 0.3) is 22.0 Å². The molecule has 3 nitrogen and oxygen atoms in total. The van der Waals surface area contributed by atoms with Gasteiger partial charge in [-0.15, -0.1) is 0 Å². The number of fused-ring (bicyclic) bond motifs is 1. The lowest BCUT2D eigenvalue weighted by Gasteiger charge is -2.03. The molecule has 0 saturated carbocycles. The van der Waals surface area contributed by atoms with Gasteiger partial charge < -0.3 is 10.7 Å². The molecule has 100 valence electrons. The molecule has 0 aliphatic carbocycles. The first-order valence-electron chi connectivity index (χ1n) is 6.55. The average Bonchev–Trinajstić information content (AvgIpc) is 2.80. The van der Waals surface area contributed by atoms with Crippen molar-refractivity contribution >= 4 is 16.7 Å². The molecule has 0 aliphatic heterocycles. The molecule has 3 N–H and O–H groups in total. The van der Waals surface area contributed by atoms with Gasteiger partial charge in [-0.3, -0.25) is 4.79 Å². The highest BCUT2D eigenvalue weighted by atomic mass is 16.1. The summed E-state index contributed by atoms with van der Waals surface area (Å²) < 4.78 is 0. The van der Waals surface area contributed by atoms with E-state index in [0.717, 1.165) is 17.0 Å². The van der Waals surface area contributed by atoms with Crippen LogP contribution in [0.15, 0.2) is 42.5 Å². The minimum absolute atomic E-state index is 0.401. The molecule has 0 spiro atoms. The summed E-state index contributed by atoms with van der Waals surface area (Å²) in [5.74, 6) is -0.401. The van der Waals surface area contributed by atoms with E-state index in [1.54, 1.807) is 0 Å². The zero-order valence-electron chi connectivity index (χ0n) is 11.5. The summed E-state index contributed by atoms with van der Waals surface area (Å²) in [6, 6.07) is 14.4. The molecule has 3 rings (SSSR count). The van der Waals surface area contributed by atoms with Crippen molar-refractivity contribution in [1.29, 1.82) is 0 Å². The number of aromatic nitrogens is 1. The molecule has 0 unspecified atom stereocenters. The number of hydrogen-bond acceptors (Lipinski definition) is 1. The van der Waals surface area contributed by atoms with Crippen molar-refractivity contribution in [2.75, 3.05) is 0 Å². The fourth-order valence-electron chi connectivity index (χ4n) is 2.50. The predicted molar refractivity (Wildman–Crippen MR) is 81.7 cm³/mol. The summed E-state index contributed by atoms with van der Waals surface area (Å²) in [4.78, 5) is 14.5. The van der Waals surface area contributed by atoms with Crippen LogP contribution >= 0.6 is 0 Å². The quantitative estimate of drug-likeness (QED) is 0.730. The van der Waals surface area contributed by atoms with Gasteiger partial charge >= 0.3 is 0 Å². The number of primary amides is 1. The number of carbonyl (C=O) groups is 1. The van der Waals surface area contributed by atoms with Gasteiger partial charge in [-0.2, -0.15) is 0 Å². The lowest BCUT2D eigenvalue weighted by Crippen LogP contribution is -2.10. The average molecular weight is 264 g/mol. The topological polar surface area (TPSA) is 58.9 Å². The Hall–Kier alpha value is -2.55. The molecule has 2 aromatic carbocycles. The molecule has 3 aromatic rings. The lowest BCUT2D eigenvalue weighted by molar-refractivity contribution is 0.1000. The van der Waals surface area contributed by atoms with Gasteiger partial charge in [-0.1, -0.05) is 35.9 Å². The second-order valence-electron chi connectivity index (χ2n) is 5.15. The maximum Gasteiger partial charge on any atom is 0.250 e. The first-order chi connectivity index (χ1) is 9.54. The maximum atomic E-state index is 11.3. The molecule has 20 heavy (non-hydrogen) atoms. The summed E-state index contributed by atoms with van der Waals surface area (Å²) in [6.07, 6.45) is 0. The molecule has 0 aliphatic rings. The van der Waals surface area contributed by atoms with E-state index in [9.17, 15) is 4.79 Å². The van der Waals surface area contributed by atoms with Gasteiger partial charge in [0, 0.05) is 11.4 Å². The van der Waals surface area contributed by atoms with Crippen LogP contribution in [0.5, 0.6) is 0 Å². The van der Waals surface area contributed by atoms with E-state index in [-0.39, 0.29) is 0 Å². The van der Waals surface area contributed by atoms with Crippen molar-refractivity contribution in [3.05, 3.63) is 59.3 Å². The molecule has 0 radical (unpaired) electrons. The molecule has 1 heterocycles. The molecule has 0 atom stereocenters. The van der Waals surface area contributed by atoms with Gasteiger partial charge in [-0.25, -0.2) is 0 Å². The Morgan fingerprint density at radius 3 is 2.40 bits per heavy atom. The van der Waals surface area contributed by atoms with Gasteiger partial charge in [0.15, 0.2) is 0 Å². The molecule has 1 amide bonds. The molecule has 1 aromatic heterocycles. The zero-order valence-corrected chi connectivity index (χ0v) is 11.5. The minimum atomic E-state index is -0.401. The van der Waals surface area contributed by atoms with E-state index < -0.39 is 5.91 Å². The number of rotatable bonds is 2. The number of benzene rings is 2. The minimum Gasteiger partial charge on any atom is -0.366 e. The molecule has 3 heteroatoms. The van der Waals surface area contributed by atoms with Crippen molar-refractivity contribution in [3.8, 4) is 11.3 Å². The number of aryl methyl sites for hydroxylation is 2. The molecule has 0 saturated heterocycles. The monoisotopic (exact) mass is 264 g/mol. The summed E-state index contributed by atoms with van der Waals surface area (Å²) >= 11 is 0. The van der Waals surface area contributed by atoms with Crippen LogP contribution < -0.4 is 5.73 Å². The number of nitrogens with one attached hydrogen (secondary N) is 1. The Morgan fingerprint density at radius 2 is 1.70 bits per heavy atom. The van der Waals surface area contributed by atoms with E-state index >= 15 is 0 Å². The highest BCUT2D eigenvalue weighted by Gasteiger charge is 2.10. The third-order valence-corrected chi connectivity index (χ3v) is 3.59. The number of amides is 1. The Kier molecular flexibility index (Phi) is 2.83. The van der Waals surface area contributed by atoms with Crippen LogP contribution in [0.2, 0.25) is 0 Å². The third kappa shape index (κ3) is 2.07. The second-order valence-corrected chi connectivity index (χ2v) is 5.15. The lowest BCUT2D eigenvalue weighted by atomic mass is 10.0. The van der Waals surface area contributed by atoms with Crippen molar-refractivity contribution in [2.24, 2.45) is 5.73 Å². The Balaban J connectivity index is 2.12. The van der Waals surface area contributed by atoms with E-state index in [2.05, 4.69) is 48.3 Å². The maximum absolute atomic E-state index is 11.3. The van der Waals surface area contributed by atoms with Crippen LogP contribution in [0.3, 0.4) is 0 Å². The normalized spacial score (nSPS) is 10.9. The van der Waals surface area contributed by atoms with Crippen LogP contribution in [0.4, 0.5) is 0 Å². The largest absolute Gasteiger partial charge is 0.366 e. The van der Waals surface area contributed by atoms with Crippen LogP contribution in [-0.4, -0.2) is 10.9 Å². The fourth-order valence-corrected chi connectivity index (χ4v) is 2.50. The van der Waals surface area contributed by atoms with Gasteiger partial charge in [0.1, 0.15) is 0 Å². The smallest absolute Gasteiger partial charge is 0.250 e. The van der Waals surface area contributed by atoms with Gasteiger partial charge in [0.2, 0.25) is 0 Å². The molecular weight excluding hydrogens is 248 g/mol. The number of carbonyl (C=O) groups excluding carboxylic acids is 1. The first kappa shape index (κ1) is 12.5. The van der Waals surface area contributed by atoms with Gasteiger partial charge in [-0.05, 0) is 42.3 Å². The molecule has 0 bridgehead atoms. The number of H-pyrrole nitrogens is 1. The van der Waals surface area contributed by atoms with Crippen molar-refractivity contribution in [2.45, 2.75) is 13.8 Å². The van der Waals surface area contributed by atoms with Crippen molar-refractivity contribution < 1.29 is 4.79 Å². The summed E-state index contributed by atoms with van der Waals surface area (Å²) in [6.45, 7) is 3.94. The summed E-state index contributed by atoms with van der Waals surface area (Å²) in [5, 5.41) is 2.40. The predicted octanol–water partition coefficient (Wildman–Crippen LogP) is 3.55. The fraction of sp³-hybridized carbons (Fsp3) is 0.118. The van der Waals surface area contributed by atoms with E-state index in [1.807, 2.05) is 13.0 Å². The van der Waals surface area contributed by atoms with E-state index in [4.69, 9.17) is 5.73 Å². The Labute approximate surface area is 117 Å². The van der Waals surface area contributed by atoms with Gasteiger partial charge in [0.05, 0.1) is 5.56 Å². The second kappa shape index (κ2) is 4.53. The van der Waals surface area contributed by atoms with Crippen LogP contribution in [0, 0.1) is 13.8 Å². The van der Waals surface area contributed by atoms with Crippen LogP contribution in [-0.2, 0) is 0 Å². The summed E-state index contributed by atoms with van der Waals surface area (Å²) in [7, 11) is 0. The van der Waals surface area contributed by atoms with E-state index in [1.165, 1.54) is 16.3 Å². The first-order valence-corrected chi connectivity index (χ1v) is 6.55. The van der Waals surface area contributed by atoms with Crippen LogP contribution in [0.1, 0.15) is 21.6 Å². The number of hydrogen-bond donors (Lipinski definition) is 2. The Morgan fingerprint density at radius 1 is 1.00 bits per heavy atom. The third-order valence-electron chi connectivity index (χ3n) is 3.59. The Bertz CT molecular complexity index is 815. The zero-order chi connectivity index (χ0) is 14.3. The number of nitrogens with two attached hydrogens (primary N) is 1. The summed E-state index contributed by atoms with van der Waals surface area (Å²) in [5.41, 5.74) is 9.92. The number of aromatic amines is 1. The highest BCUT2D eigenvalue weighted by molar-refractivity contribution is 5.96. The molecule has 0 fully saturated rings.